The molecule has 0 bridgehead atoms. The third-order valence-electron chi connectivity index (χ3n) is 8.20. The average Bonchev–Trinajstić information content (AvgIpc) is 3.39. The summed E-state index contributed by atoms with van der Waals surface area (Å²) in [5.74, 6) is 0. The van der Waals surface area contributed by atoms with Gasteiger partial charge in [-0.1, -0.05) is 127 Å². The molecule has 0 N–H and O–H groups in total. The van der Waals surface area contributed by atoms with E-state index in [0.29, 0.717) is 0 Å². The maximum atomic E-state index is 2.36. The van der Waals surface area contributed by atoms with Crippen molar-refractivity contribution < 1.29 is 0 Å². The molecule has 0 aliphatic heterocycles. The Labute approximate surface area is 239 Å². The van der Waals surface area contributed by atoms with Gasteiger partial charge in [0.25, 0.3) is 0 Å². The van der Waals surface area contributed by atoms with Gasteiger partial charge in [-0.2, -0.15) is 0 Å². The van der Waals surface area contributed by atoms with Gasteiger partial charge in [-0.25, -0.2) is 0 Å². The highest BCUT2D eigenvalue weighted by molar-refractivity contribution is 6.10. The van der Waals surface area contributed by atoms with Gasteiger partial charge in [-0.15, -0.1) is 0 Å². The molecule has 0 spiro atoms. The van der Waals surface area contributed by atoms with Gasteiger partial charge in [-0.05, 0) is 80.6 Å². The Morgan fingerprint density at radius 3 is 1.76 bits per heavy atom. The topological polar surface area (TPSA) is 4.93 Å². The van der Waals surface area contributed by atoms with Gasteiger partial charge in [0.1, 0.15) is 0 Å². The molecule has 1 nitrogen and oxygen atoms in total. The van der Waals surface area contributed by atoms with Gasteiger partial charge in [0.05, 0.1) is 11.0 Å². The van der Waals surface area contributed by atoms with Crippen LogP contribution >= 0.6 is 0 Å². The third kappa shape index (κ3) is 4.02. The molecule has 0 unspecified atom stereocenters. The molecule has 8 aromatic rings. The monoisotopic (exact) mass is 521 g/mol. The van der Waals surface area contributed by atoms with Crippen LogP contribution in [0.1, 0.15) is 0 Å². The normalized spacial score (nSPS) is 11.4. The SMILES string of the molecule is c1ccc(-n2c3ccccc3c3cc(-c4cccc(-c5ccc(-c6cccc7ccccc67)cc5)c4)ccc32)cc1. The second-order valence-corrected chi connectivity index (χ2v) is 10.6. The number of benzene rings is 7. The number of nitrogens with zero attached hydrogens (tertiary/aromatic N) is 1. The van der Waals surface area contributed by atoms with Crippen molar-refractivity contribution in [1.29, 1.82) is 0 Å². The first kappa shape index (κ1) is 23.5. The predicted molar refractivity (Wildman–Crippen MR) is 175 cm³/mol. The average molecular weight is 522 g/mol. The van der Waals surface area contributed by atoms with Crippen molar-refractivity contribution in [2.45, 2.75) is 0 Å². The van der Waals surface area contributed by atoms with Crippen molar-refractivity contribution >= 4 is 32.6 Å². The minimum Gasteiger partial charge on any atom is -0.309 e. The Kier molecular flexibility index (Phi) is 5.53. The van der Waals surface area contributed by atoms with Crippen molar-refractivity contribution in [3.05, 3.63) is 164 Å². The molecule has 0 aliphatic rings. The summed E-state index contributed by atoms with van der Waals surface area (Å²) < 4.78 is 2.36. The molecular formula is C40H27N. The standard InChI is InChI=1S/C40H27N/c1-2-14-34(15-3-1)41-39-19-7-6-17-37(39)38-27-33(24-25-40(38)41)32-13-8-12-31(26-32)28-20-22-30(23-21-28)36-18-9-11-29-10-4-5-16-35(29)36/h1-27H. The molecule has 1 heterocycles. The first-order valence-corrected chi connectivity index (χ1v) is 14.1. The molecule has 0 radical (unpaired) electrons. The Morgan fingerprint density at radius 1 is 0.317 bits per heavy atom. The predicted octanol–water partition coefficient (Wildman–Crippen LogP) is 10.9. The fourth-order valence-corrected chi connectivity index (χ4v) is 6.21. The van der Waals surface area contributed by atoms with Crippen LogP contribution in [0.4, 0.5) is 0 Å². The van der Waals surface area contributed by atoms with Crippen LogP contribution in [-0.4, -0.2) is 4.57 Å². The van der Waals surface area contributed by atoms with E-state index >= 15 is 0 Å². The second-order valence-electron chi connectivity index (χ2n) is 10.6. The van der Waals surface area contributed by atoms with Crippen molar-refractivity contribution in [1.82, 2.24) is 4.57 Å². The van der Waals surface area contributed by atoms with E-state index in [-0.39, 0.29) is 0 Å². The summed E-state index contributed by atoms with van der Waals surface area (Å²) >= 11 is 0. The van der Waals surface area contributed by atoms with Gasteiger partial charge < -0.3 is 4.57 Å². The van der Waals surface area contributed by atoms with Crippen LogP contribution in [-0.2, 0) is 0 Å². The summed E-state index contributed by atoms with van der Waals surface area (Å²) in [6.45, 7) is 0. The quantitative estimate of drug-likeness (QED) is 0.217. The van der Waals surface area contributed by atoms with E-state index in [9.17, 15) is 0 Å². The van der Waals surface area contributed by atoms with E-state index in [2.05, 4.69) is 168 Å². The maximum Gasteiger partial charge on any atom is 0.0541 e. The largest absolute Gasteiger partial charge is 0.309 e. The molecule has 1 aromatic heterocycles. The summed E-state index contributed by atoms with van der Waals surface area (Å²) in [6, 6.07) is 59.2. The molecule has 0 amide bonds. The summed E-state index contributed by atoms with van der Waals surface area (Å²) in [4.78, 5) is 0. The van der Waals surface area contributed by atoms with E-state index in [1.807, 2.05) is 0 Å². The zero-order valence-corrected chi connectivity index (χ0v) is 22.5. The first-order chi connectivity index (χ1) is 20.3. The fourth-order valence-electron chi connectivity index (χ4n) is 6.21. The highest BCUT2D eigenvalue weighted by Crippen LogP contribution is 2.36. The van der Waals surface area contributed by atoms with E-state index in [4.69, 9.17) is 0 Å². The lowest BCUT2D eigenvalue weighted by molar-refractivity contribution is 1.18. The minimum absolute atomic E-state index is 1.18. The van der Waals surface area contributed by atoms with E-state index in [0.717, 1.165) is 0 Å². The molecule has 41 heavy (non-hydrogen) atoms. The van der Waals surface area contributed by atoms with Gasteiger partial charge in [0, 0.05) is 16.5 Å². The lowest BCUT2D eigenvalue weighted by Crippen LogP contribution is -1.92. The van der Waals surface area contributed by atoms with E-state index in [1.54, 1.807) is 0 Å². The van der Waals surface area contributed by atoms with Crippen LogP contribution in [0.3, 0.4) is 0 Å². The van der Waals surface area contributed by atoms with Crippen LogP contribution < -0.4 is 0 Å². The van der Waals surface area contributed by atoms with Crippen LogP contribution in [0, 0.1) is 0 Å². The Morgan fingerprint density at radius 2 is 0.902 bits per heavy atom. The maximum absolute atomic E-state index is 2.36. The lowest BCUT2D eigenvalue weighted by atomic mass is 9.95. The Hall–Kier alpha value is -5.40. The second kappa shape index (κ2) is 9.66. The summed E-state index contributed by atoms with van der Waals surface area (Å²) in [5.41, 5.74) is 11.0. The highest BCUT2D eigenvalue weighted by Gasteiger charge is 2.13. The third-order valence-corrected chi connectivity index (χ3v) is 8.20. The molecule has 0 atom stereocenters. The van der Waals surface area contributed by atoms with Gasteiger partial charge >= 0.3 is 0 Å². The molecule has 0 saturated heterocycles. The molecule has 192 valence electrons. The number of fused-ring (bicyclic) bond motifs is 4. The summed E-state index contributed by atoms with van der Waals surface area (Å²) in [5, 5.41) is 5.10. The Balaban J connectivity index is 1.19. The van der Waals surface area contributed by atoms with Crippen LogP contribution in [0.15, 0.2) is 164 Å². The zero-order valence-electron chi connectivity index (χ0n) is 22.5. The highest BCUT2D eigenvalue weighted by atomic mass is 15.0. The van der Waals surface area contributed by atoms with E-state index < -0.39 is 0 Å². The molecule has 1 heteroatoms. The zero-order chi connectivity index (χ0) is 27.2. The lowest BCUT2D eigenvalue weighted by Gasteiger charge is -2.10. The fraction of sp³-hybridized carbons (Fsp3) is 0. The van der Waals surface area contributed by atoms with Crippen molar-refractivity contribution in [3.63, 3.8) is 0 Å². The summed E-state index contributed by atoms with van der Waals surface area (Å²) in [6.07, 6.45) is 0. The molecule has 0 aliphatic carbocycles. The number of para-hydroxylation sites is 2. The minimum atomic E-state index is 1.18. The summed E-state index contributed by atoms with van der Waals surface area (Å²) in [7, 11) is 0. The number of hydrogen-bond acceptors (Lipinski definition) is 0. The number of rotatable bonds is 4. The number of hydrogen-bond donors (Lipinski definition) is 0. The van der Waals surface area contributed by atoms with Crippen LogP contribution in [0.2, 0.25) is 0 Å². The molecule has 0 saturated carbocycles. The van der Waals surface area contributed by atoms with E-state index in [1.165, 1.54) is 71.6 Å². The molecule has 8 rings (SSSR count). The van der Waals surface area contributed by atoms with Crippen molar-refractivity contribution in [2.24, 2.45) is 0 Å². The van der Waals surface area contributed by atoms with Gasteiger partial charge in [-0.3, -0.25) is 0 Å². The first-order valence-electron chi connectivity index (χ1n) is 14.1. The number of aromatic nitrogens is 1. The van der Waals surface area contributed by atoms with Crippen LogP contribution in [0.25, 0.3) is 71.6 Å². The molecular weight excluding hydrogens is 494 g/mol. The molecule has 7 aromatic carbocycles. The van der Waals surface area contributed by atoms with Gasteiger partial charge in [0.2, 0.25) is 0 Å². The Bertz CT molecular complexity index is 2180. The van der Waals surface area contributed by atoms with Gasteiger partial charge in [0.15, 0.2) is 0 Å². The molecule has 0 fully saturated rings. The van der Waals surface area contributed by atoms with Crippen molar-refractivity contribution in [3.8, 4) is 39.1 Å². The van der Waals surface area contributed by atoms with Crippen LogP contribution in [0.5, 0.6) is 0 Å². The smallest absolute Gasteiger partial charge is 0.0541 e. The van der Waals surface area contributed by atoms with Crippen molar-refractivity contribution in [2.75, 3.05) is 0 Å².